The third-order valence-corrected chi connectivity index (χ3v) is 4.18. The van der Waals surface area contributed by atoms with E-state index in [1.165, 1.54) is 38.6 Å². The van der Waals surface area contributed by atoms with Gasteiger partial charge in [-0.15, -0.1) is 0 Å². The SMILES string of the molecule is CN1CCCCC1CCN1CCCC1C#N. The first-order valence-electron chi connectivity index (χ1n) is 6.65. The van der Waals surface area contributed by atoms with Crippen molar-refractivity contribution in [3.05, 3.63) is 0 Å². The van der Waals surface area contributed by atoms with Crippen LogP contribution in [0.5, 0.6) is 0 Å². The number of nitrogens with zero attached hydrogens (tertiary/aromatic N) is 3. The second kappa shape index (κ2) is 5.65. The number of nitriles is 1. The summed E-state index contributed by atoms with van der Waals surface area (Å²) in [5, 5.41) is 9.02. The molecule has 0 saturated carbocycles. The van der Waals surface area contributed by atoms with Crippen LogP contribution >= 0.6 is 0 Å². The minimum Gasteiger partial charge on any atom is -0.303 e. The van der Waals surface area contributed by atoms with Crippen LogP contribution in [0.2, 0.25) is 0 Å². The van der Waals surface area contributed by atoms with Crippen molar-refractivity contribution in [1.82, 2.24) is 9.80 Å². The number of hydrogen-bond acceptors (Lipinski definition) is 3. The molecule has 3 heteroatoms. The first-order valence-corrected chi connectivity index (χ1v) is 6.65. The van der Waals surface area contributed by atoms with Gasteiger partial charge in [-0.05, 0) is 52.2 Å². The highest BCUT2D eigenvalue weighted by atomic mass is 15.2. The number of piperidine rings is 1. The fourth-order valence-corrected chi connectivity index (χ4v) is 3.06. The highest BCUT2D eigenvalue weighted by molar-refractivity contribution is 4.96. The fraction of sp³-hybridized carbons (Fsp3) is 0.923. The van der Waals surface area contributed by atoms with Gasteiger partial charge < -0.3 is 4.90 Å². The maximum absolute atomic E-state index is 9.02. The lowest BCUT2D eigenvalue weighted by Crippen LogP contribution is -2.39. The Balaban J connectivity index is 1.76. The molecule has 16 heavy (non-hydrogen) atoms. The van der Waals surface area contributed by atoms with Crippen molar-refractivity contribution in [2.75, 3.05) is 26.7 Å². The largest absolute Gasteiger partial charge is 0.303 e. The molecule has 2 atom stereocenters. The van der Waals surface area contributed by atoms with Crippen LogP contribution in [0.3, 0.4) is 0 Å². The summed E-state index contributed by atoms with van der Waals surface area (Å²) in [5.41, 5.74) is 0. The van der Waals surface area contributed by atoms with Crippen LogP contribution < -0.4 is 0 Å². The van der Waals surface area contributed by atoms with E-state index in [0.29, 0.717) is 0 Å². The van der Waals surface area contributed by atoms with E-state index in [-0.39, 0.29) is 6.04 Å². The van der Waals surface area contributed by atoms with Gasteiger partial charge in [0.05, 0.1) is 12.1 Å². The van der Waals surface area contributed by atoms with Crippen LogP contribution in [-0.4, -0.2) is 48.6 Å². The lowest BCUT2D eigenvalue weighted by Gasteiger charge is -2.33. The smallest absolute Gasteiger partial charge is 0.0978 e. The average Bonchev–Trinajstić information content (AvgIpc) is 2.75. The molecule has 2 saturated heterocycles. The molecule has 2 aliphatic rings. The van der Waals surface area contributed by atoms with Gasteiger partial charge >= 0.3 is 0 Å². The van der Waals surface area contributed by atoms with E-state index < -0.39 is 0 Å². The number of likely N-dealkylation sites (tertiary alicyclic amines) is 2. The van der Waals surface area contributed by atoms with Crippen molar-refractivity contribution in [3.8, 4) is 6.07 Å². The molecule has 0 aliphatic carbocycles. The van der Waals surface area contributed by atoms with Gasteiger partial charge in [0.25, 0.3) is 0 Å². The van der Waals surface area contributed by atoms with E-state index in [4.69, 9.17) is 5.26 Å². The molecule has 0 bridgehead atoms. The molecule has 0 aromatic rings. The van der Waals surface area contributed by atoms with E-state index in [0.717, 1.165) is 25.6 Å². The van der Waals surface area contributed by atoms with Crippen molar-refractivity contribution in [2.24, 2.45) is 0 Å². The molecule has 0 aromatic heterocycles. The maximum Gasteiger partial charge on any atom is 0.0978 e. The molecule has 0 radical (unpaired) electrons. The molecule has 2 aliphatic heterocycles. The average molecular weight is 221 g/mol. The molecule has 2 fully saturated rings. The quantitative estimate of drug-likeness (QED) is 0.728. The Hall–Kier alpha value is -0.590. The van der Waals surface area contributed by atoms with Crippen LogP contribution in [0, 0.1) is 11.3 Å². The van der Waals surface area contributed by atoms with Crippen LogP contribution in [-0.2, 0) is 0 Å². The van der Waals surface area contributed by atoms with Crippen molar-refractivity contribution in [2.45, 2.75) is 50.6 Å². The van der Waals surface area contributed by atoms with Gasteiger partial charge in [-0.1, -0.05) is 6.42 Å². The monoisotopic (exact) mass is 221 g/mol. The van der Waals surface area contributed by atoms with Crippen molar-refractivity contribution < 1.29 is 0 Å². The lowest BCUT2D eigenvalue weighted by molar-refractivity contribution is 0.155. The lowest BCUT2D eigenvalue weighted by atomic mass is 10.00. The molecular weight excluding hydrogens is 198 g/mol. The molecule has 90 valence electrons. The highest BCUT2D eigenvalue weighted by Crippen LogP contribution is 2.21. The second-order valence-electron chi connectivity index (χ2n) is 5.24. The summed E-state index contributed by atoms with van der Waals surface area (Å²) < 4.78 is 0. The fourth-order valence-electron chi connectivity index (χ4n) is 3.06. The van der Waals surface area contributed by atoms with E-state index in [9.17, 15) is 0 Å². The van der Waals surface area contributed by atoms with E-state index >= 15 is 0 Å². The summed E-state index contributed by atoms with van der Waals surface area (Å²) in [5.74, 6) is 0. The summed E-state index contributed by atoms with van der Waals surface area (Å²) in [4.78, 5) is 4.88. The topological polar surface area (TPSA) is 30.3 Å². The Morgan fingerprint density at radius 2 is 2.06 bits per heavy atom. The third kappa shape index (κ3) is 2.75. The van der Waals surface area contributed by atoms with Crippen molar-refractivity contribution in [1.29, 1.82) is 5.26 Å². The van der Waals surface area contributed by atoms with Gasteiger partial charge in [-0.25, -0.2) is 0 Å². The number of rotatable bonds is 3. The molecule has 0 amide bonds. The van der Waals surface area contributed by atoms with Crippen molar-refractivity contribution >= 4 is 0 Å². The Labute approximate surface area is 99.0 Å². The molecule has 0 aromatic carbocycles. The van der Waals surface area contributed by atoms with Gasteiger partial charge in [0.15, 0.2) is 0 Å². The molecule has 2 rings (SSSR count). The Bertz CT molecular complexity index is 258. The number of hydrogen-bond donors (Lipinski definition) is 0. The standard InChI is InChI=1S/C13H23N3/c1-15-8-3-2-5-12(15)7-10-16-9-4-6-13(16)11-14/h12-13H,2-10H2,1H3. The van der Waals surface area contributed by atoms with Gasteiger partial charge in [-0.2, -0.15) is 5.26 Å². The highest BCUT2D eigenvalue weighted by Gasteiger charge is 2.26. The third-order valence-electron chi connectivity index (χ3n) is 4.18. The first-order chi connectivity index (χ1) is 7.81. The Kier molecular flexibility index (Phi) is 4.20. The summed E-state index contributed by atoms with van der Waals surface area (Å²) in [6.45, 7) is 3.51. The summed E-state index contributed by atoms with van der Waals surface area (Å²) in [7, 11) is 2.25. The van der Waals surface area contributed by atoms with Crippen LogP contribution in [0.25, 0.3) is 0 Å². The second-order valence-corrected chi connectivity index (χ2v) is 5.24. The van der Waals surface area contributed by atoms with Crippen LogP contribution in [0.4, 0.5) is 0 Å². The summed E-state index contributed by atoms with van der Waals surface area (Å²) in [6, 6.07) is 3.39. The van der Waals surface area contributed by atoms with Crippen LogP contribution in [0.15, 0.2) is 0 Å². The summed E-state index contributed by atoms with van der Waals surface area (Å²) >= 11 is 0. The Morgan fingerprint density at radius 3 is 2.81 bits per heavy atom. The normalized spacial score (nSPS) is 32.8. The minimum absolute atomic E-state index is 0.203. The van der Waals surface area contributed by atoms with E-state index in [2.05, 4.69) is 22.9 Å². The van der Waals surface area contributed by atoms with E-state index in [1.807, 2.05) is 0 Å². The van der Waals surface area contributed by atoms with E-state index in [1.54, 1.807) is 0 Å². The zero-order chi connectivity index (χ0) is 11.4. The maximum atomic E-state index is 9.02. The zero-order valence-electron chi connectivity index (χ0n) is 10.4. The minimum atomic E-state index is 0.203. The van der Waals surface area contributed by atoms with Gasteiger partial charge in [0.2, 0.25) is 0 Å². The van der Waals surface area contributed by atoms with Crippen molar-refractivity contribution in [3.63, 3.8) is 0 Å². The zero-order valence-corrected chi connectivity index (χ0v) is 10.4. The predicted octanol–water partition coefficient (Wildman–Crippen LogP) is 1.85. The van der Waals surface area contributed by atoms with Gasteiger partial charge in [-0.3, -0.25) is 4.90 Å². The summed E-state index contributed by atoms with van der Waals surface area (Å²) in [6.07, 6.45) is 7.63. The van der Waals surface area contributed by atoms with Crippen LogP contribution in [0.1, 0.15) is 38.5 Å². The molecule has 0 N–H and O–H groups in total. The molecule has 3 nitrogen and oxygen atoms in total. The molecular formula is C13H23N3. The predicted molar refractivity (Wildman–Crippen MR) is 65.1 cm³/mol. The van der Waals surface area contributed by atoms with Gasteiger partial charge in [0, 0.05) is 12.6 Å². The first kappa shape index (κ1) is 11.9. The Morgan fingerprint density at radius 1 is 1.19 bits per heavy atom. The molecule has 0 spiro atoms. The van der Waals surface area contributed by atoms with Gasteiger partial charge in [0.1, 0.15) is 0 Å². The molecule has 2 heterocycles. The molecule has 2 unspecified atom stereocenters.